The van der Waals surface area contributed by atoms with Crippen LogP contribution >= 0.6 is 0 Å². The quantitative estimate of drug-likeness (QED) is 0.559. The van der Waals surface area contributed by atoms with Crippen molar-refractivity contribution in [1.82, 2.24) is 24.2 Å². The molecule has 0 atom stereocenters. The number of para-hydroxylation sites is 3. The number of aryl methyl sites for hydroxylation is 1. The first-order valence-corrected chi connectivity index (χ1v) is 9.13. The summed E-state index contributed by atoms with van der Waals surface area (Å²) in [6.07, 6.45) is 4.42. The molecule has 0 unspecified atom stereocenters. The zero-order valence-electron chi connectivity index (χ0n) is 15.6. The van der Waals surface area contributed by atoms with Crippen LogP contribution in [0.5, 0.6) is 0 Å². The molecule has 0 aliphatic heterocycles. The van der Waals surface area contributed by atoms with Crippen LogP contribution in [0.1, 0.15) is 5.56 Å². The van der Waals surface area contributed by atoms with E-state index in [0.29, 0.717) is 13.0 Å². The molecule has 7 heteroatoms. The van der Waals surface area contributed by atoms with E-state index in [-0.39, 0.29) is 18.1 Å². The van der Waals surface area contributed by atoms with E-state index in [9.17, 15) is 9.59 Å². The minimum atomic E-state index is -0.194. The number of nitrogens with zero attached hydrogens (tertiary/aromatic N) is 4. The van der Waals surface area contributed by atoms with Crippen molar-refractivity contribution in [2.75, 3.05) is 6.54 Å². The highest BCUT2D eigenvalue weighted by molar-refractivity contribution is 5.80. The molecule has 1 amide bonds. The summed E-state index contributed by atoms with van der Waals surface area (Å²) in [5.74, 6) is -0.186. The number of benzene rings is 2. The third-order valence-electron chi connectivity index (χ3n) is 4.75. The van der Waals surface area contributed by atoms with Crippen LogP contribution < -0.4 is 11.0 Å². The molecule has 0 aliphatic carbocycles. The summed E-state index contributed by atoms with van der Waals surface area (Å²) < 4.78 is 4.87. The Labute approximate surface area is 161 Å². The van der Waals surface area contributed by atoms with Crippen LogP contribution in [-0.2, 0) is 24.8 Å². The van der Waals surface area contributed by atoms with Gasteiger partial charge in [0.15, 0.2) is 0 Å². The second-order valence-electron chi connectivity index (χ2n) is 6.65. The molecule has 0 saturated carbocycles. The van der Waals surface area contributed by atoms with Gasteiger partial charge in [-0.25, -0.2) is 9.48 Å². The Balaban J connectivity index is 1.37. The Morgan fingerprint density at radius 2 is 1.75 bits per heavy atom. The van der Waals surface area contributed by atoms with Gasteiger partial charge in [0.1, 0.15) is 6.54 Å². The van der Waals surface area contributed by atoms with Crippen molar-refractivity contribution in [1.29, 1.82) is 0 Å². The van der Waals surface area contributed by atoms with Gasteiger partial charge >= 0.3 is 5.69 Å². The van der Waals surface area contributed by atoms with Gasteiger partial charge in [0.25, 0.3) is 0 Å². The number of amides is 1. The number of hydrogen-bond donors (Lipinski definition) is 1. The number of carbonyl (C=O) groups excluding carboxylic acids is 1. The molecule has 0 spiro atoms. The van der Waals surface area contributed by atoms with Gasteiger partial charge in [-0.15, -0.1) is 0 Å². The highest BCUT2D eigenvalue weighted by Gasteiger charge is 2.13. The lowest BCUT2D eigenvalue weighted by molar-refractivity contribution is -0.121. The number of imidazole rings is 1. The molecule has 0 radical (unpaired) electrons. The Morgan fingerprint density at radius 1 is 1.04 bits per heavy atom. The number of fused-ring (bicyclic) bond motifs is 1. The van der Waals surface area contributed by atoms with E-state index in [1.165, 1.54) is 4.57 Å². The number of nitrogens with one attached hydrogen (secondary N) is 1. The molecule has 0 saturated heterocycles. The lowest BCUT2D eigenvalue weighted by Gasteiger charge is -2.05. The molecule has 4 aromatic rings. The predicted octanol–water partition coefficient (Wildman–Crippen LogP) is 1.88. The molecule has 142 valence electrons. The molecule has 0 aliphatic rings. The van der Waals surface area contributed by atoms with Gasteiger partial charge in [0.05, 0.1) is 22.9 Å². The van der Waals surface area contributed by atoms with Gasteiger partial charge < -0.3 is 5.32 Å². The molecule has 2 heterocycles. The maximum Gasteiger partial charge on any atom is 0.329 e. The maximum absolute atomic E-state index is 12.4. The van der Waals surface area contributed by atoms with Gasteiger partial charge in [0.2, 0.25) is 5.91 Å². The standard InChI is InChI=1S/C21H21N5O2/c1-24-18-9-5-6-10-19(18)25(21(24)28)15-20(27)22-12-11-16-13-23-26(14-16)17-7-3-2-4-8-17/h2-10,13-14H,11-12,15H2,1H3,(H,22,27). The lowest BCUT2D eigenvalue weighted by atomic mass is 10.2. The average molecular weight is 375 g/mol. The van der Waals surface area contributed by atoms with E-state index >= 15 is 0 Å². The smallest absolute Gasteiger partial charge is 0.329 e. The van der Waals surface area contributed by atoms with Crippen LogP contribution in [0.2, 0.25) is 0 Å². The van der Waals surface area contributed by atoms with Gasteiger partial charge in [-0.05, 0) is 36.2 Å². The molecular weight excluding hydrogens is 354 g/mol. The highest BCUT2D eigenvalue weighted by atomic mass is 16.2. The Morgan fingerprint density at radius 3 is 2.54 bits per heavy atom. The minimum absolute atomic E-state index is 0.00344. The van der Waals surface area contributed by atoms with Gasteiger partial charge in [0, 0.05) is 19.8 Å². The van der Waals surface area contributed by atoms with Crippen molar-refractivity contribution < 1.29 is 4.79 Å². The summed E-state index contributed by atoms with van der Waals surface area (Å²) in [4.78, 5) is 24.7. The summed E-state index contributed by atoms with van der Waals surface area (Å²) in [6, 6.07) is 17.3. The van der Waals surface area contributed by atoms with E-state index in [0.717, 1.165) is 22.3 Å². The van der Waals surface area contributed by atoms with E-state index in [2.05, 4.69) is 10.4 Å². The van der Waals surface area contributed by atoms with Crippen molar-refractivity contribution in [3.05, 3.63) is 83.0 Å². The molecule has 28 heavy (non-hydrogen) atoms. The molecule has 1 N–H and O–H groups in total. The normalized spacial score (nSPS) is 11.0. The summed E-state index contributed by atoms with van der Waals surface area (Å²) in [5, 5.41) is 7.24. The van der Waals surface area contributed by atoms with Crippen molar-refractivity contribution in [2.24, 2.45) is 7.05 Å². The molecule has 2 aromatic heterocycles. The fourth-order valence-electron chi connectivity index (χ4n) is 3.27. The minimum Gasteiger partial charge on any atom is -0.354 e. The van der Waals surface area contributed by atoms with Gasteiger partial charge in [-0.2, -0.15) is 5.10 Å². The van der Waals surface area contributed by atoms with Crippen LogP contribution in [0.25, 0.3) is 16.7 Å². The molecule has 0 bridgehead atoms. The Bertz CT molecular complexity index is 1170. The first-order chi connectivity index (χ1) is 13.6. The second kappa shape index (κ2) is 7.56. The first kappa shape index (κ1) is 17.8. The lowest BCUT2D eigenvalue weighted by Crippen LogP contribution is -2.33. The van der Waals surface area contributed by atoms with Crippen molar-refractivity contribution >= 4 is 16.9 Å². The number of aromatic nitrogens is 4. The summed E-state index contributed by atoms with van der Waals surface area (Å²) in [5.41, 5.74) is 3.41. The zero-order chi connectivity index (χ0) is 19.5. The average Bonchev–Trinajstić information content (AvgIpc) is 3.28. The number of rotatable bonds is 6. The second-order valence-corrected chi connectivity index (χ2v) is 6.65. The Kier molecular flexibility index (Phi) is 4.80. The topological polar surface area (TPSA) is 73.8 Å². The van der Waals surface area contributed by atoms with E-state index in [1.807, 2.05) is 65.5 Å². The fraction of sp³-hybridized carbons (Fsp3) is 0.190. The SMILES string of the molecule is Cn1c(=O)n(CC(=O)NCCc2cnn(-c3ccccc3)c2)c2ccccc21. The van der Waals surface area contributed by atoms with E-state index in [4.69, 9.17) is 0 Å². The van der Waals surface area contributed by atoms with Crippen molar-refractivity contribution in [2.45, 2.75) is 13.0 Å². The molecule has 0 fully saturated rings. The molecule has 4 rings (SSSR count). The largest absolute Gasteiger partial charge is 0.354 e. The predicted molar refractivity (Wildman–Crippen MR) is 107 cm³/mol. The van der Waals surface area contributed by atoms with E-state index in [1.54, 1.807) is 17.8 Å². The van der Waals surface area contributed by atoms with E-state index < -0.39 is 0 Å². The van der Waals surface area contributed by atoms with Crippen LogP contribution in [0.4, 0.5) is 0 Å². The summed E-state index contributed by atoms with van der Waals surface area (Å²) >= 11 is 0. The maximum atomic E-state index is 12.4. The molecule has 2 aromatic carbocycles. The third kappa shape index (κ3) is 3.46. The van der Waals surface area contributed by atoms with Gasteiger partial charge in [-0.3, -0.25) is 13.9 Å². The summed E-state index contributed by atoms with van der Waals surface area (Å²) in [6.45, 7) is 0.488. The van der Waals surface area contributed by atoms with Crippen LogP contribution in [0.15, 0.2) is 71.8 Å². The summed E-state index contributed by atoms with van der Waals surface area (Å²) in [7, 11) is 1.71. The first-order valence-electron chi connectivity index (χ1n) is 9.13. The molecular formula is C21H21N5O2. The highest BCUT2D eigenvalue weighted by Crippen LogP contribution is 2.11. The van der Waals surface area contributed by atoms with Crippen molar-refractivity contribution in [3.63, 3.8) is 0 Å². The van der Waals surface area contributed by atoms with Gasteiger partial charge in [-0.1, -0.05) is 30.3 Å². The van der Waals surface area contributed by atoms with Crippen LogP contribution in [-0.4, -0.2) is 31.4 Å². The Hall–Kier alpha value is -3.61. The van der Waals surface area contributed by atoms with Crippen molar-refractivity contribution in [3.8, 4) is 5.69 Å². The number of carbonyl (C=O) groups is 1. The molecule has 7 nitrogen and oxygen atoms in total. The zero-order valence-corrected chi connectivity index (χ0v) is 15.6. The number of hydrogen-bond acceptors (Lipinski definition) is 3. The fourth-order valence-corrected chi connectivity index (χ4v) is 3.27. The monoisotopic (exact) mass is 375 g/mol. The van der Waals surface area contributed by atoms with Crippen LogP contribution in [0, 0.1) is 0 Å². The van der Waals surface area contributed by atoms with Crippen LogP contribution in [0.3, 0.4) is 0 Å². The third-order valence-corrected chi connectivity index (χ3v) is 4.75.